The number of thiazole rings is 1. The van der Waals surface area contributed by atoms with E-state index >= 15 is 0 Å². The average Bonchev–Trinajstić information content (AvgIpc) is 3.09. The van der Waals surface area contributed by atoms with Crippen molar-refractivity contribution in [2.75, 3.05) is 11.1 Å². The van der Waals surface area contributed by atoms with Crippen molar-refractivity contribution in [1.82, 2.24) is 4.98 Å². The highest BCUT2D eigenvalue weighted by atomic mass is 32.2. The SMILES string of the molecule is Cc1ccc(SCC(=O)Nc2nc(-c3ccccc3OC(F)F)cs2)cc1. The maximum absolute atomic E-state index is 12.5. The standard InChI is InChI=1S/C19H16F2N2O2S2/c1-12-6-8-13(9-7-12)26-11-17(24)23-19-22-15(10-27-19)14-4-2-3-5-16(14)25-18(20)21/h2-10,18H,11H2,1H3,(H,22,23,24). The van der Waals surface area contributed by atoms with Crippen LogP contribution in [0.4, 0.5) is 13.9 Å². The van der Waals surface area contributed by atoms with E-state index in [-0.39, 0.29) is 17.4 Å². The summed E-state index contributed by atoms with van der Waals surface area (Å²) in [7, 11) is 0. The molecule has 3 aromatic rings. The van der Waals surface area contributed by atoms with Crippen LogP contribution in [0.25, 0.3) is 11.3 Å². The van der Waals surface area contributed by atoms with Crippen molar-refractivity contribution in [3.8, 4) is 17.0 Å². The van der Waals surface area contributed by atoms with Crippen LogP contribution in [0.3, 0.4) is 0 Å². The van der Waals surface area contributed by atoms with Crippen molar-refractivity contribution >= 4 is 34.1 Å². The van der Waals surface area contributed by atoms with E-state index in [0.717, 1.165) is 10.5 Å². The second kappa shape index (κ2) is 8.96. The van der Waals surface area contributed by atoms with E-state index in [0.29, 0.717) is 16.4 Å². The summed E-state index contributed by atoms with van der Waals surface area (Å²) in [6, 6.07) is 14.3. The summed E-state index contributed by atoms with van der Waals surface area (Å²) in [6.45, 7) is -0.908. The number of carbonyl (C=O) groups excluding carboxylic acids is 1. The number of carbonyl (C=O) groups is 1. The van der Waals surface area contributed by atoms with Gasteiger partial charge in [0.1, 0.15) is 5.75 Å². The van der Waals surface area contributed by atoms with Gasteiger partial charge < -0.3 is 10.1 Å². The molecule has 0 aliphatic carbocycles. The minimum absolute atomic E-state index is 0.0469. The van der Waals surface area contributed by atoms with Gasteiger partial charge in [0.25, 0.3) is 0 Å². The van der Waals surface area contributed by atoms with Crippen molar-refractivity contribution in [2.45, 2.75) is 18.4 Å². The van der Waals surface area contributed by atoms with Crippen molar-refractivity contribution in [3.63, 3.8) is 0 Å². The molecule has 27 heavy (non-hydrogen) atoms. The van der Waals surface area contributed by atoms with Gasteiger partial charge in [-0.25, -0.2) is 4.98 Å². The zero-order valence-electron chi connectivity index (χ0n) is 14.3. The minimum Gasteiger partial charge on any atom is -0.434 e. The van der Waals surface area contributed by atoms with Gasteiger partial charge in [0.2, 0.25) is 5.91 Å². The third-order valence-corrected chi connectivity index (χ3v) is 5.29. The molecule has 3 rings (SSSR count). The third-order valence-electron chi connectivity index (χ3n) is 3.52. The Labute approximate surface area is 163 Å². The number of nitrogens with one attached hydrogen (secondary N) is 1. The zero-order valence-corrected chi connectivity index (χ0v) is 15.9. The van der Waals surface area contributed by atoms with Crippen molar-refractivity contribution in [1.29, 1.82) is 0 Å². The highest BCUT2D eigenvalue weighted by Crippen LogP contribution is 2.33. The predicted octanol–water partition coefficient (Wildman–Crippen LogP) is 5.45. The molecule has 2 aromatic carbocycles. The van der Waals surface area contributed by atoms with E-state index in [2.05, 4.69) is 15.0 Å². The molecule has 0 bridgehead atoms. The summed E-state index contributed by atoms with van der Waals surface area (Å²) in [4.78, 5) is 17.4. The fourth-order valence-electron chi connectivity index (χ4n) is 2.27. The maximum atomic E-state index is 12.5. The smallest absolute Gasteiger partial charge is 0.387 e. The van der Waals surface area contributed by atoms with Gasteiger partial charge in [-0.2, -0.15) is 8.78 Å². The van der Waals surface area contributed by atoms with Gasteiger partial charge in [-0.05, 0) is 31.2 Å². The molecule has 0 fully saturated rings. The van der Waals surface area contributed by atoms with Gasteiger partial charge >= 0.3 is 6.61 Å². The summed E-state index contributed by atoms with van der Waals surface area (Å²) in [5.74, 6) is 0.118. The molecule has 0 aliphatic rings. The Hall–Kier alpha value is -2.45. The second-order valence-corrected chi connectivity index (χ2v) is 7.47. The van der Waals surface area contributed by atoms with Gasteiger partial charge in [0, 0.05) is 15.8 Å². The van der Waals surface area contributed by atoms with Gasteiger partial charge in [0.15, 0.2) is 5.13 Å². The molecule has 1 amide bonds. The average molecular weight is 406 g/mol. The van der Waals surface area contributed by atoms with Crippen LogP contribution in [-0.4, -0.2) is 23.3 Å². The zero-order chi connectivity index (χ0) is 19.2. The molecular weight excluding hydrogens is 390 g/mol. The minimum atomic E-state index is -2.91. The topological polar surface area (TPSA) is 51.2 Å². The number of benzene rings is 2. The molecule has 0 atom stereocenters. The molecule has 1 heterocycles. The molecular formula is C19H16F2N2O2S2. The number of halogens is 2. The van der Waals surface area contributed by atoms with Crippen LogP contribution in [-0.2, 0) is 4.79 Å². The van der Waals surface area contributed by atoms with Gasteiger partial charge in [0.05, 0.1) is 11.4 Å². The number of amides is 1. The summed E-state index contributed by atoms with van der Waals surface area (Å²) in [5, 5.41) is 4.83. The van der Waals surface area contributed by atoms with Crippen molar-refractivity contribution in [2.24, 2.45) is 0 Å². The highest BCUT2D eigenvalue weighted by Gasteiger charge is 2.14. The van der Waals surface area contributed by atoms with Crippen LogP contribution in [0, 0.1) is 6.92 Å². The molecule has 4 nitrogen and oxygen atoms in total. The first-order valence-corrected chi connectivity index (χ1v) is 9.87. The molecule has 1 N–H and O–H groups in total. The fourth-order valence-corrected chi connectivity index (χ4v) is 3.70. The summed E-state index contributed by atoms with van der Waals surface area (Å²) in [6.07, 6.45) is 0. The van der Waals surface area contributed by atoms with Gasteiger partial charge in [-0.1, -0.05) is 29.8 Å². The van der Waals surface area contributed by atoms with Crippen LogP contribution < -0.4 is 10.1 Å². The summed E-state index contributed by atoms with van der Waals surface area (Å²) < 4.78 is 29.6. The number of aromatic nitrogens is 1. The lowest BCUT2D eigenvalue weighted by atomic mass is 10.1. The lowest BCUT2D eigenvalue weighted by Gasteiger charge is -2.08. The largest absolute Gasteiger partial charge is 0.434 e. The highest BCUT2D eigenvalue weighted by molar-refractivity contribution is 8.00. The van der Waals surface area contributed by atoms with Crippen LogP contribution in [0.1, 0.15) is 5.56 Å². The van der Waals surface area contributed by atoms with E-state index in [1.54, 1.807) is 23.6 Å². The van der Waals surface area contributed by atoms with Crippen LogP contribution in [0.2, 0.25) is 0 Å². The van der Waals surface area contributed by atoms with Crippen LogP contribution in [0.15, 0.2) is 58.8 Å². The first kappa shape index (κ1) is 19.3. The number of ether oxygens (including phenoxy) is 1. The van der Waals surface area contributed by atoms with E-state index < -0.39 is 6.61 Å². The van der Waals surface area contributed by atoms with Gasteiger partial charge in [-0.15, -0.1) is 23.1 Å². The van der Waals surface area contributed by atoms with Gasteiger partial charge in [-0.3, -0.25) is 4.79 Å². The lowest BCUT2D eigenvalue weighted by molar-refractivity contribution is -0.113. The van der Waals surface area contributed by atoms with Crippen LogP contribution in [0.5, 0.6) is 5.75 Å². The van der Waals surface area contributed by atoms with Crippen molar-refractivity contribution in [3.05, 3.63) is 59.5 Å². The van der Waals surface area contributed by atoms with E-state index in [4.69, 9.17) is 0 Å². The molecule has 0 radical (unpaired) electrons. The molecule has 140 valence electrons. The Morgan fingerprint density at radius 3 is 2.70 bits per heavy atom. The molecule has 8 heteroatoms. The number of hydrogen-bond acceptors (Lipinski definition) is 5. The molecule has 0 spiro atoms. The molecule has 1 aromatic heterocycles. The number of para-hydroxylation sites is 1. The number of aryl methyl sites for hydroxylation is 1. The normalized spacial score (nSPS) is 10.8. The number of thioether (sulfide) groups is 1. The van der Waals surface area contributed by atoms with E-state index in [1.807, 2.05) is 31.2 Å². The number of anilines is 1. The molecule has 0 saturated heterocycles. The van der Waals surface area contributed by atoms with Crippen molar-refractivity contribution < 1.29 is 18.3 Å². The fraction of sp³-hybridized carbons (Fsp3) is 0.158. The summed E-state index contributed by atoms with van der Waals surface area (Å²) in [5.41, 5.74) is 2.08. The Morgan fingerprint density at radius 1 is 1.22 bits per heavy atom. The Bertz CT molecular complexity index is 914. The van der Waals surface area contributed by atoms with E-state index in [9.17, 15) is 13.6 Å². The number of hydrogen-bond donors (Lipinski definition) is 1. The Morgan fingerprint density at radius 2 is 1.96 bits per heavy atom. The molecule has 0 unspecified atom stereocenters. The Balaban J connectivity index is 1.62. The third kappa shape index (κ3) is 5.51. The predicted molar refractivity (Wildman–Crippen MR) is 105 cm³/mol. The second-order valence-electron chi connectivity index (χ2n) is 5.56. The maximum Gasteiger partial charge on any atom is 0.387 e. The Kier molecular flexibility index (Phi) is 6.41. The van der Waals surface area contributed by atoms with Crippen LogP contribution >= 0.6 is 23.1 Å². The quantitative estimate of drug-likeness (QED) is 0.530. The molecule has 0 aliphatic heterocycles. The number of alkyl halides is 2. The molecule has 0 saturated carbocycles. The summed E-state index contributed by atoms with van der Waals surface area (Å²) >= 11 is 2.66. The number of nitrogens with zero attached hydrogens (tertiary/aromatic N) is 1. The van der Waals surface area contributed by atoms with E-state index in [1.165, 1.54) is 29.2 Å². The lowest BCUT2D eigenvalue weighted by Crippen LogP contribution is -2.13. The first-order chi connectivity index (χ1) is 13.0. The number of rotatable bonds is 7. The first-order valence-electron chi connectivity index (χ1n) is 8.00. The monoisotopic (exact) mass is 406 g/mol.